The van der Waals surface area contributed by atoms with Gasteiger partial charge in [0.05, 0.1) is 5.92 Å². The molecule has 0 aromatic heterocycles. The second-order valence-corrected chi connectivity index (χ2v) is 6.80. The van der Waals surface area contributed by atoms with E-state index in [9.17, 15) is 9.90 Å². The molecule has 1 unspecified atom stereocenters. The third-order valence-electron chi connectivity index (χ3n) is 5.17. The summed E-state index contributed by atoms with van der Waals surface area (Å²) >= 11 is 0. The first-order valence-corrected chi connectivity index (χ1v) is 8.28. The maximum Gasteiger partial charge on any atom is 0.308 e. The lowest BCUT2D eigenvalue weighted by Crippen LogP contribution is -2.44. The molecule has 2 aliphatic rings. The van der Waals surface area contributed by atoms with Gasteiger partial charge in [0, 0.05) is 18.6 Å². The Labute approximate surface area is 122 Å². The molecule has 0 aromatic rings. The standard InChI is InChI=1S/C16H30N2O2/c1-12(2)18-9-7-13(8-10-18)15(16(19)20)11-17-14-5-3-4-6-14/h12-15,17H,3-11H2,1-2H3,(H,19,20). The van der Waals surface area contributed by atoms with Gasteiger partial charge in [-0.15, -0.1) is 0 Å². The van der Waals surface area contributed by atoms with Gasteiger partial charge in [0.25, 0.3) is 0 Å². The van der Waals surface area contributed by atoms with E-state index >= 15 is 0 Å². The van der Waals surface area contributed by atoms with E-state index in [4.69, 9.17) is 0 Å². The van der Waals surface area contributed by atoms with Crippen LogP contribution in [0.5, 0.6) is 0 Å². The molecule has 20 heavy (non-hydrogen) atoms. The fourth-order valence-electron chi connectivity index (χ4n) is 3.72. The Bertz CT molecular complexity index is 306. The summed E-state index contributed by atoms with van der Waals surface area (Å²) in [5.74, 6) is -0.472. The van der Waals surface area contributed by atoms with Gasteiger partial charge in [0.2, 0.25) is 0 Å². The van der Waals surface area contributed by atoms with Crippen LogP contribution in [0.3, 0.4) is 0 Å². The topological polar surface area (TPSA) is 52.6 Å². The molecule has 2 N–H and O–H groups in total. The molecular weight excluding hydrogens is 252 g/mol. The van der Waals surface area contributed by atoms with Gasteiger partial charge in [-0.1, -0.05) is 12.8 Å². The summed E-state index contributed by atoms with van der Waals surface area (Å²) in [5.41, 5.74) is 0. The van der Waals surface area contributed by atoms with Gasteiger partial charge >= 0.3 is 5.97 Å². The molecule has 1 atom stereocenters. The van der Waals surface area contributed by atoms with Gasteiger partial charge in [-0.3, -0.25) is 4.79 Å². The minimum absolute atomic E-state index is 0.204. The van der Waals surface area contributed by atoms with E-state index in [0.29, 0.717) is 24.5 Å². The number of rotatable bonds is 6. The minimum atomic E-state index is -0.613. The number of likely N-dealkylation sites (tertiary alicyclic amines) is 1. The van der Waals surface area contributed by atoms with Crippen molar-refractivity contribution in [3.8, 4) is 0 Å². The van der Waals surface area contributed by atoms with Crippen LogP contribution in [0, 0.1) is 11.8 Å². The van der Waals surface area contributed by atoms with Gasteiger partial charge in [-0.2, -0.15) is 0 Å². The van der Waals surface area contributed by atoms with Gasteiger partial charge in [-0.05, 0) is 58.5 Å². The molecule has 1 saturated heterocycles. The predicted molar refractivity (Wildman–Crippen MR) is 80.8 cm³/mol. The Morgan fingerprint density at radius 2 is 1.80 bits per heavy atom. The average Bonchev–Trinajstić information content (AvgIpc) is 2.92. The number of nitrogens with zero attached hydrogens (tertiary/aromatic N) is 1. The molecular formula is C16H30N2O2. The van der Waals surface area contributed by atoms with Crippen molar-refractivity contribution < 1.29 is 9.90 Å². The van der Waals surface area contributed by atoms with E-state index in [1.54, 1.807) is 0 Å². The normalized spacial score (nSPS) is 24.4. The largest absolute Gasteiger partial charge is 0.481 e. The van der Waals surface area contributed by atoms with Crippen LogP contribution < -0.4 is 5.32 Å². The highest BCUT2D eigenvalue weighted by Crippen LogP contribution is 2.27. The van der Waals surface area contributed by atoms with Gasteiger partial charge in [-0.25, -0.2) is 0 Å². The number of hydrogen-bond donors (Lipinski definition) is 2. The van der Waals surface area contributed by atoms with Crippen LogP contribution in [-0.4, -0.2) is 47.7 Å². The van der Waals surface area contributed by atoms with Gasteiger partial charge in [0.1, 0.15) is 0 Å². The van der Waals surface area contributed by atoms with E-state index in [0.717, 1.165) is 25.9 Å². The molecule has 0 radical (unpaired) electrons. The number of aliphatic carboxylic acids is 1. The van der Waals surface area contributed by atoms with E-state index in [1.807, 2.05) is 0 Å². The summed E-state index contributed by atoms with van der Waals surface area (Å²) in [6.07, 6.45) is 7.09. The average molecular weight is 282 g/mol. The smallest absolute Gasteiger partial charge is 0.308 e. The summed E-state index contributed by atoms with van der Waals surface area (Å²) in [6, 6.07) is 1.14. The summed E-state index contributed by atoms with van der Waals surface area (Å²) in [5, 5.41) is 13.0. The summed E-state index contributed by atoms with van der Waals surface area (Å²) in [4.78, 5) is 14.0. The zero-order valence-electron chi connectivity index (χ0n) is 13.0. The number of carboxylic acid groups (broad SMARTS) is 1. The Balaban J connectivity index is 1.81. The number of piperidine rings is 1. The lowest BCUT2D eigenvalue weighted by atomic mass is 9.83. The monoisotopic (exact) mass is 282 g/mol. The first-order valence-electron chi connectivity index (χ1n) is 8.28. The number of hydrogen-bond acceptors (Lipinski definition) is 3. The van der Waals surface area contributed by atoms with Crippen molar-refractivity contribution in [1.82, 2.24) is 10.2 Å². The molecule has 0 amide bonds. The Hall–Kier alpha value is -0.610. The number of nitrogens with one attached hydrogen (secondary N) is 1. The first-order chi connectivity index (χ1) is 9.58. The molecule has 0 spiro atoms. The minimum Gasteiger partial charge on any atom is -0.481 e. The second kappa shape index (κ2) is 7.41. The fourth-order valence-corrected chi connectivity index (χ4v) is 3.72. The van der Waals surface area contributed by atoms with Gasteiger partial charge < -0.3 is 15.3 Å². The molecule has 4 nitrogen and oxygen atoms in total. The van der Waals surface area contributed by atoms with Crippen LogP contribution >= 0.6 is 0 Å². The summed E-state index contributed by atoms with van der Waals surface area (Å²) in [7, 11) is 0. The van der Waals surface area contributed by atoms with Crippen LogP contribution in [0.1, 0.15) is 52.4 Å². The molecule has 0 aromatic carbocycles. The van der Waals surface area contributed by atoms with Crippen molar-refractivity contribution in [2.75, 3.05) is 19.6 Å². The molecule has 1 aliphatic heterocycles. The third-order valence-corrected chi connectivity index (χ3v) is 5.17. The number of carboxylic acids is 1. The van der Waals surface area contributed by atoms with Crippen molar-refractivity contribution in [2.24, 2.45) is 11.8 Å². The SMILES string of the molecule is CC(C)N1CCC(C(CNC2CCCC2)C(=O)O)CC1. The van der Waals surface area contributed by atoms with E-state index < -0.39 is 5.97 Å². The Morgan fingerprint density at radius 3 is 2.30 bits per heavy atom. The zero-order chi connectivity index (χ0) is 14.5. The first kappa shape index (κ1) is 15.8. The zero-order valence-corrected chi connectivity index (χ0v) is 13.0. The molecule has 116 valence electrons. The van der Waals surface area contributed by atoms with Crippen molar-refractivity contribution in [1.29, 1.82) is 0 Å². The lowest BCUT2D eigenvalue weighted by Gasteiger charge is -2.37. The summed E-state index contributed by atoms with van der Waals surface area (Å²) in [6.45, 7) is 7.20. The molecule has 2 fully saturated rings. The fraction of sp³-hybridized carbons (Fsp3) is 0.938. The van der Waals surface area contributed by atoms with E-state index in [2.05, 4.69) is 24.1 Å². The van der Waals surface area contributed by atoms with Crippen molar-refractivity contribution in [2.45, 2.75) is 64.5 Å². The molecule has 1 saturated carbocycles. The molecule has 1 heterocycles. The highest BCUT2D eigenvalue weighted by atomic mass is 16.4. The maximum atomic E-state index is 11.6. The van der Waals surface area contributed by atoms with Crippen LogP contribution in [0.15, 0.2) is 0 Å². The number of carbonyl (C=O) groups is 1. The molecule has 0 bridgehead atoms. The Morgan fingerprint density at radius 1 is 1.20 bits per heavy atom. The van der Waals surface area contributed by atoms with E-state index in [-0.39, 0.29) is 5.92 Å². The second-order valence-electron chi connectivity index (χ2n) is 6.80. The Kier molecular flexibility index (Phi) is 5.85. The third kappa shape index (κ3) is 4.19. The lowest BCUT2D eigenvalue weighted by molar-refractivity contribution is -0.144. The van der Waals surface area contributed by atoms with Crippen molar-refractivity contribution >= 4 is 5.97 Å². The van der Waals surface area contributed by atoms with Crippen LogP contribution in [0.2, 0.25) is 0 Å². The van der Waals surface area contributed by atoms with E-state index in [1.165, 1.54) is 25.7 Å². The highest BCUT2D eigenvalue weighted by Gasteiger charge is 2.32. The van der Waals surface area contributed by atoms with Crippen molar-refractivity contribution in [3.63, 3.8) is 0 Å². The van der Waals surface area contributed by atoms with Crippen LogP contribution in [-0.2, 0) is 4.79 Å². The molecule has 4 heteroatoms. The summed E-state index contributed by atoms with van der Waals surface area (Å²) < 4.78 is 0. The van der Waals surface area contributed by atoms with Crippen LogP contribution in [0.25, 0.3) is 0 Å². The highest BCUT2D eigenvalue weighted by molar-refractivity contribution is 5.70. The van der Waals surface area contributed by atoms with Crippen molar-refractivity contribution in [3.05, 3.63) is 0 Å². The molecule has 1 aliphatic carbocycles. The molecule has 2 rings (SSSR count). The predicted octanol–water partition coefficient (Wildman–Crippen LogP) is 2.34. The van der Waals surface area contributed by atoms with Gasteiger partial charge in [0.15, 0.2) is 0 Å². The quantitative estimate of drug-likeness (QED) is 0.785. The maximum absolute atomic E-state index is 11.6. The van der Waals surface area contributed by atoms with Crippen LogP contribution in [0.4, 0.5) is 0 Å².